The van der Waals surface area contributed by atoms with E-state index in [1.807, 2.05) is 60.5 Å². The summed E-state index contributed by atoms with van der Waals surface area (Å²) in [6.45, 7) is 2.01. The number of fused-ring (bicyclic) bond motifs is 3. The second-order valence-corrected chi connectivity index (χ2v) is 7.81. The van der Waals surface area contributed by atoms with E-state index in [1.165, 1.54) is 0 Å². The lowest BCUT2D eigenvalue weighted by Gasteiger charge is -2.37. The Balaban J connectivity index is 1.56. The molecule has 5 heteroatoms. The van der Waals surface area contributed by atoms with Crippen LogP contribution < -0.4 is 4.74 Å². The summed E-state index contributed by atoms with van der Waals surface area (Å²) in [4.78, 5) is 14.4. The first kappa shape index (κ1) is 16.3. The number of ether oxygens (including phenoxy) is 1. The molecule has 0 saturated heterocycles. The lowest BCUT2D eigenvalue weighted by Crippen LogP contribution is -2.45. The first-order valence-corrected chi connectivity index (χ1v) is 9.85. The first-order chi connectivity index (χ1) is 13.2. The number of rotatable bonds is 3. The van der Waals surface area contributed by atoms with Gasteiger partial charge < -0.3 is 4.74 Å². The standard InChI is InChI=1S/C22H18N2O2S/c1-14-8-10-15(11-9-14)21(25)22-24-18(16-5-2-3-6-19(16)26-22)13-17(23-24)20-7-4-12-27-20/h2-12,18,22H,13H2,1H3/t18-,22-/m0/s1. The van der Waals surface area contributed by atoms with Crippen LogP contribution >= 0.6 is 11.3 Å². The van der Waals surface area contributed by atoms with Crippen molar-refractivity contribution < 1.29 is 9.53 Å². The van der Waals surface area contributed by atoms with Gasteiger partial charge >= 0.3 is 0 Å². The highest BCUT2D eigenvalue weighted by Gasteiger charge is 2.43. The Morgan fingerprint density at radius 1 is 1.11 bits per heavy atom. The van der Waals surface area contributed by atoms with Crippen LogP contribution in [0.25, 0.3) is 0 Å². The van der Waals surface area contributed by atoms with E-state index in [4.69, 9.17) is 9.84 Å². The molecule has 0 bridgehead atoms. The van der Waals surface area contributed by atoms with Crippen molar-refractivity contribution in [1.29, 1.82) is 0 Å². The molecule has 1 aromatic heterocycles. The minimum atomic E-state index is -0.745. The van der Waals surface area contributed by atoms with Gasteiger partial charge in [0.1, 0.15) is 5.75 Å². The molecule has 5 rings (SSSR count). The highest BCUT2D eigenvalue weighted by molar-refractivity contribution is 7.12. The Kier molecular flexibility index (Phi) is 3.83. The summed E-state index contributed by atoms with van der Waals surface area (Å²) in [6.07, 6.45) is 0.0310. The number of hydrogen-bond acceptors (Lipinski definition) is 5. The van der Waals surface area contributed by atoms with Crippen molar-refractivity contribution in [3.8, 4) is 5.75 Å². The number of thiophene rings is 1. The van der Waals surface area contributed by atoms with E-state index in [9.17, 15) is 4.79 Å². The Labute approximate surface area is 161 Å². The Morgan fingerprint density at radius 3 is 2.70 bits per heavy atom. The maximum Gasteiger partial charge on any atom is 0.251 e. The van der Waals surface area contributed by atoms with Crippen LogP contribution in [0.1, 0.15) is 38.8 Å². The largest absolute Gasteiger partial charge is 0.461 e. The molecule has 27 heavy (non-hydrogen) atoms. The lowest BCUT2D eigenvalue weighted by atomic mass is 9.97. The number of carbonyl (C=O) groups is 1. The van der Waals surface area contributed by atoms with Crippen molar-refractivity contribution in [1.82, 2.24) is 5.01 Å². The number of hydrazone groups is 1. The topological polar surface area (TPSA) is 41.9 Å². The van der Waals surface area contributed by atoms with Crippen LogP contribution in [0.4, 0.5) is 0 Å². The van der Waals surface area contributed by atoms with E-state index in [1.54, 1.807) is 11.3 Å². The van der Waals surface area contributed by atoms with Crippen molar-refractivity contribution in [3.05, 3.63) is 87.6 Å². The summed E-state index contributed by atoms with van der Waals surface area (Å²) >= 11 is 1.67. The molecular weight excluding hydrogens is 356 g/mol. The van der Waals surface area contributed by atoms with Crippen LogP contribution in [0.15, 0.2) is 71.1 Å². The Hall–Kier alpha value is -2.92. The predicted molar refractivity (Wildman–Crippen MR) is 106 cm³/mol. The van der Waals surface area contributed by atoms with E-state index < -0.39 is 6.23 Å². The second kappa shape index (κ2) is 6.35. The number of hydrogen-bond donors (Lipinski definition) is 0. The highest BCUT2D eigenvalue weighted by Crippen LogP contribution is 2.43. The number of para-hydroxylation sites is 1. The van der Waals surface area contributed by atoms with Crippen LogP contribution in [-0.4, -0.2) is 22.7 Å². The molecule has 0 fully saturated rings. The fourth-order valence-electron chi connectivity index (χ4n) is 3.66. The van der Waals surface area contributed by atoms with Gasteiger partial charge in [-0.1, -0.05) is 54.1 Å². The quantitative estimate of drug-likeness (QED) is 0.618. The smallest absolute Gasteiger partial charge is 0.251 e. The average Bonchev–Trinajstić information content (AvgIpc) is 3.37. The number of ketones is 1. The molecule has 0 spiro atoms. The van der Waals surface area contributed by atoms with Gasteiger partial charge in [-0.2, -0.15) is 5.10 Å². The van der Waals surface area contributed by atoms with Crippen molar-refractivity contribution in [2.24, 2.45) is 5.10 Å². The molecule has 0 amide bonds. The molecular formula is C22H18N2O2S. The summed E-state index contributed by atoms with van der Waals surface area (Å²) in [7, 11) is 0. The molecule has 2 aliphatic heterocycles. The second-order valence-electron chi connectivity index (χ2n) is 6.86. The number of aryl methyl sites for hydroxylation is 1. The Bertz CT molecular complexity index is 1020. The zero-order valence-corrected chi connectivity index (χ0v) is 15.6. The first-order valence-electron chi connectivity index (χ1n) is 8.97. The van der Waals surface area contributed by atoms with E-state index in [0.717, 1.165) is 33.9 Å². The van der Waals surface area contributed by atoms with Crippen molar-refractivity contribution >= 4 is 22.8 Å². The molecule has 134 valence electrons. The SMILES string of the molecule is Cc1ccc(C(=O)[C@@H]2Oc3ccccc3[C@@H]3CC(c4cccs4)=NN23)cc1. The summed E-state index contributed by atoms with van der Waals surface area (Å²) < 4.78 is 6.13. The van der Waals surface area contributed by atoms with Crippen LogP contribution in [0.3, 0.4) is 0 Å². The van der Waals surface area contributed by atoms with Gasteiger partial charge in [0.05, 0.1) is 16.6 Å². The summed E-state index contributed by atoms with van der Waals surface area (Å²) in [5, 5.41) is 8.71. The van der Waals surface area contributed by atoms with Gasteiger partial charge in [-0.05, 0) is 24.4 Å². The monoisotopic (exact) mass is 374 g/mol. The zero-order valence-electron chi connectivity index (χ0n) is 14.8. The van der Waals surface area contributed by atoms with E-state index in [0.29, 0.717) is 5.56 Å². The van der Waals surface area contributed by atoms with Gasteiger partial charge in [-0.25, -0.2) is 5.01 Å². The Morgan fingerprint density at radius 2 is 1.93 bits per heavy atom. The lowest BCUT2D eigenvalue weighted by molar-refractivity contribution is -0.00455. The van der Waals surface area contributed by atoms with Crippen molar-refractivity contribution in [3.63, 3.8) is 0 Å². The van der Waals surface area contributed by atoms with Gasteiger partial charge in [-0.3, -0.25) is 4.79 Å². The molecule has 0 N–H and O–H groups in total. The molecule has 2 aromatic carbocycles. The maximum atomic E-state index is 13.2. The van der Waals surface area contributed by atoms with E-state index in [2.05, 4.69) is 17.5 Å². The predicted octanol–water partition coefficient (Wildman–Crippen LogP) is 4.81. The van der Waals surface area contributed by atoms with Gasteiger partial charge in [0.25, 0.3) is 6.23 Å². The number of benzene rings is 2. The molecule has 0 aliphatic carbocycles. The summed E-state index contributed by atoms with van der Waals surface area (Å²) in [6, 6.07) is 19.7. The van der Waals surface area contributed by atoms with Gasteiger partial charge in [-0.15, -0.1) is 11.3 Å². The molecule has 2 aliphatic rings. The third-order valence-electron chi connectivity index (χ3n) is 5.07. The number of carbonyl (C=O) groups excluding carboxylic acids is 1. The third-order valence-corrected chi connectivity index (χ3v) is 5.98. The maximum absolute atomic E-state index is 13.2. The average molecular weight is 374 g/mol. The van der Waals surface area contributed by atoms with Crippen LogP contribution in [0, 0.1) is 6.92 Å². The van der Waals surface area contributed by atoms with Gasteiger partial charge in [0.2, 0.25) is 5.78 Å². The number of nitrogens with zero attached hydrogens (tertiary/aromatic N) is 2. The molecule has 3 heterocycles. The highest BCUT2D eigenvalue weighted by atomic mass is 32.1. The molecule has 3 aromatic rings. The fraction of sp³-hybridized carbons (Fsp3) is 0.182. The third kappa shape index (κ3) is 2.75. The minimum Gasteiger partial charge on any atom is -0.461 e. The summed E-state index contributed by atoms with van der Waals surface area (Å²) in [5.41, 5.74) is 3.86. The van der Waals surface area contributed by atoms with Gasteiger partial charge in [0, 0.05) is 17.5 Å². The molecule has 4 nitrogen and oxygen atoms in total. The van der Waals surface area contributed by atoms with E-state index >= 15 is 0 Å². The van der Waals surface area contributed by atoms with E-state index in [-0.39, 0.29) is 11.8 Å². The summed E-state index contributed by atoms with van der Waals surface area (Å²) in [5.74, 6) is 0.706. The molecule has 0 unspecified atom stereocenters. The normalized spacial score (nSPS) is 20.5. The van der Waals surface area contributed by atoms with Crippen molar-refractivity contribution in [2.45, 2.75) is 25.6 Å². The van der Waals surface area contributed by atoms with Crippen LogP contribution in [0.5, 0.6) is 5.75 Å². The van der Waals surface area contributed by atoms with Gasteiger partial charge in [0.15, 0.2) is 0 Å². The zero-order chi connectivity index (χ0) is 18.4. The molecule has 0 radical (unpaired) electrons. The van der Waals surface area contributed by atoms with Crippen LogP contribution in [-0.2, 0) is 0 Å². The fourth-order valence-corrected chi connectivity index (χ4v) is 4.38. The molecule has 2 atom stereocenters. The van der Waals surface area contributed by atoms with Crippen LogP contribution in [0.2, 0.25) is 0 Å². The minimum absolute atomic E-state index is 0.0199. The number of Topliss-reactive ketones (excluding diaryl/α,β-unsaturated/α-hetero) is 1. The molecule has 0 saturated carbocycles. The van der Waals surface area contributed by atoms with Crippen molar-refractivity contribution in [2.75, 3.05) is 0 Å².